The molecule has 0 atom stereocenters. The predicted molar refractivity (Wildman–Crippen MR) is 109 cm³/mol. The molecular weight excluding hydrogens is 357 g/mol. The number of carbonyl (C=O) groups is 1. The summed E-state index contributed by atoms with van der Waals surface area (Å²) < 4.78 is 19.1. The van der Waals surface area contributed by atoms with Crippen LogP contribution in [0.1, 0.15) is 17.5 Å². The average Bonchev–Trinajstić information content (AvgIpc) is 2.69. The van der Waals surface area contributed by atoms with E-state index in [1.165, 1.54) is 17.2 Å². The van der Waals surface area contributed by atoms with Gasteiger partial charge in [0.25, 0.3) is 0 Å². The number of piperazine rings is 1. The van der Waals surface area contributed by atoms with Crippen molar-refractivity contribution < 1.29 is 13.9 Å². The van der Waals surface area contributed by atoms with E-state index in [0.29, 0.717) is 13.0 Å². The van der Waals surface area contributed by atoms with Gasteiger partial charge in [-0.3, -0.25) is 9.69 Å². The molecule has 6 heteroatoms. The highest BCUT2D eigenvalue weighted by molar-refractivity contribution is 5.90. The Kier molecular flexibility index (Phi) is 7.01. The second kappa shape index (κ2) is 9.66. The van der Waals surface area contributed by atoms with Gasteiger partial charge in [-0.1, -0.05) is 29.8 Å². The summed E-state index contributed by atoms with van der Waals surface area (Å²) in [6, 6.07) is 12.5. The van der Waals surface area contributed by atoms with E-state index < -0.39 is 5.82 Å². The molecule has 1 amide bonds. The van der Waals surface area contributed by atoms with Gasteiger partial charge in [0, 0.05) is 51.3 Å². The molecule has 1 aliphatic rings. The van der Waals surface area contributed by atoms with Gasteiger partial charge in [-0.2, -0.15) is 0 Å². The first kappa shape index (κ1) is 20.3. The number of hydrogen-bond acceptors (Lipinski definition) is 4. The number of nitrogens with zero attached hydrogens (tertiary/aromatic N) is 2. The van der Waals surface area contributed by atoms with Crippen molar-refractivity contribution in [3.8, 4) is 5.75 Å². The number of ether oxygens (including phenoxy) is 1. The maximum Gasteiger partial charge on any atom is 0.225 e. The lowest BCUT2D eigenvalue weighted by Gasteiger charge is -2.34. The molecule has 0 aromatic heterocycles. The maximum atomic E-state index is 13.6. The first-order valence-electron chi connectivity index (χ1n) is 9.68. The number of benzene rings is 2. The predicted octanol–water partition coefficient (Wildman–Crippen LogP) is 3.29. The Morgan fingerprint density at radius 1 is 1.11 bits per heavy atom. The van der Waals surface area contributed by atoms with E-state index in [9.17, 15) is 9.18 Å². The van der Waals surface area contributed by atoms with Crippen molar-refractivity contribution in [2.45, 2.75) is 19.9 Å². The van der Waals surface area contributed by atoms with E-state index in [1.54, 1.807) is 25.3 Å². The Balaban J connectivity index is 1.42. The summed E-state index contributed by atoms with van der Waals surface area (Å²) in [5.41, 5.74) is 2.68. The summed E-state index contributed by atoms with van der Waals surface area (Å²) in [6.07, 6.45) is 0.361. The van der Waals surface area contributed by atoms with Gasteiger partial charge in [0.1, 0.15) is 11.6 Å². The van der Waals surface area contributed by atoms with Crippen molar-refractivity contribution in [2.75, 3.05) is 45.2 Å². The summed E-state index contributed by atoms with van der Waals surface area (Å²) >= 11 is 0. The van der Waals surface area contributed by atoms with Gasteiger partial charge >= 0.3 is 0 Å². The number of rotatable bonds is 7. The summed E-state index contributed by atoms with van der Waals surface area (Å²) in [7, 11) is 1.71. The number of para-hydroxylation sites is 1. The lowest BCUT2D eigenvalue weighted by atomic mass is 10.1. The van der Waals surface area contributed by atoms with Gasteiger partial charge in [-0.25, -0.2) is 4.39 Å². The molecule has 0 spiro atoms. The third-order valence-corrected chi connectivity index (χ3v) is 5.10. The van der Waals surface area contributed by atoms with Crippen molar-refractivity contribution in [1.82, 2.24) is 9.80 Å². The molecule has 2 aromatic carbocycles. The van der Waals surface area contributed by atoms with Crippen molar-refractivity contribution in [1.29, 1.82) is 0 Å². The van der Waals surface area contributed by atoms with Crippen LogP contribution >= 0.6 is 0 Å². The van der Waals surface area contributed by atoms with Crippen LogP contribution in [-0.4, -0.2) is 55.5 Å². The standard InChI is InChI=1S/C22H28FN3O2/c1-17-7-8-21(28-2)18(15-17)16-26-13-11-25(12-14-26)10-9-22(27)24-20-6-4-3-5-19(20)23/h3-8,15H,9-14,16H2,1-2H3,(H,24,27). The number of halogens is 1. The first-order chi connectivity index (χ1) is 13.5. The van der Waals surface area contributed by atoms with Gasteiger partial charge in [0.2, 0.25) is 5.91 Å². The van der Waals surface area contributed by atoms with Crippen LogP contribution in [0.4, 0.5) is 10.1 Å². The zero-order valence-corrected chi connectivity index (χ0v) is 16.6. The second-order valence-electron chi connectivity index (χ2n) is 7.21. The minimum atomic E-state index is -0.406. The van der Waals surface area contributed by atoms with E-state index in [-0.39, 0.29) is 11.6 Å². The van der Waals surface area contributed by atoms with Gasteiger partial charge in [0.15, 0.2) is 0 Å². The minimum Gasteiger partial charge on any atom is -0.496 e. The lowest BCUT2D eigenvalue weighted by molar-refractivity contribution is -0.116. The summed E-state index contributed by atoms with van der Waals surface area (Å²) in [5.74, 6) is 0.367. The highest BCUT2D eigenvalue weighted by Gasteiger charge is 2.19. The van der Waals surface area contributed by atoms with Crippen LogP contribution < -0.4 is 10.1 Å². The SMILES string of the molecule is COc1ccc(C)cc1CN1CCN(CCC(=O)Nc2ccccc2F)CC1. The Bertz CT molecular complexity index is 804. The molecule has 0 aliphatic carbocycles. The topological polar surface area (TPSA) is 44.8 Å². The number of nitrogens with one attached hydrogen (secondary N) is 1. The molecule has 0 bridgehead atoms. The molecule has 1 N–H and O–H groups in total. The molecule has 2 aromatic rings. The lowest BCUT2D eigenvalue weighted by Crippen LogP contribution is -2.46. The summed E-state index contributed by atoms with van der Waals surface area (Å²) in [4.78, 5) is 16.8. The highest BCUT2D eigenvalue weighted by atomic mass is 19.1. The number of hydrogen-bond donors (Lipinski definition) is 1. The normalized spacial score (nSPS) is 15.4. The average molecular weight is 385 g/mol. The molecule has 0 radical (unpaired) electrons. The zero-order valence-electron chi connectivity index (χ0n) is 16.6. The molecule has 5 nitrogen and oxygen atoms in total. The van der Waals surface area contributed by atoms with Gasteiger partial charge in [0.05, 0.1) is 12.8 Å². The smallest absolute Gasteiger partial charge is 0.225 e. The number of aryl methyl sites for hydroxylation is 1. The van der Waals surface area contributed by atoms with Crippen LogP contribution in [0, 0.1) is 12.7 Å². The molecule has 3 rings (SSSR count). The largest absolute Gasteiger partial charge is 0.496 e. The fourth-order valence-corrected chi connectivity index (χ4v) is 3.48. The zero-order chi connectivity index (χ0) is 19.9. The Morgan fingerprint density at radius 2 is 1.82 bits per heavy atom. The molecule has 1 saturated heterocycles. The number of amides is 1. The number of anilines is 1. The monoisotopic (exact) mass is 385 g/mol. The molecule has 1 heterocycles. The van der Waals surface area contributed by atoms with Crippen LogP contribution in [0.15, 0.2) is 42.5 Å². The third-order valence-electron chi connectivity index (χ3n) is 5.10. The van der Waals surface area contributed by atoms with Crippen LogP contribution in [0.25, 0.3) is 0 Å². The van der Waals surface area contributed by atoms with E-state index >= 15 is 0 Å². The number of methoxy groups -OCH3 is 1. The van der Waals surface area contributed by atoms with E-state index in [4.69, 9.17) is 4.74 Å². The van der Waals surface area contributed by atoms with E-state index in [1.807, 2.05) is 6.07 Å². The Morgan fingerprint density at radius 3 is 2.54 bits per heavy atom. The summed E-state index contributed by atoms with van der Waals surface area (Å²) in [6.45, 7) is 7.38. The van der Waals surface area contributed by atoms with Gasteiger partial charge < -0.3 is 15.0 Å². The quantitative estimate of drug-likeness (QED) is 0.794. The molecule has 28 heavy (non-hydrogen) atoms. The molecule has 1 aliphatic heterocycles. The molecule has 0 saturated carbocycles. The van der Waals surface area contributed by atoms with Crippen molar-refractivity contribution in [3.05, 3.63) is 59.4 Å². The minimum absolute atomic E-state index is 0.156. The molecule has 150 valence electrons. The van der Waals surface area contributed by atoms with Gasteiger partial charge in [-0.05, 0) is 25.1 Å². The molecule has 1 fully saturated rings. The molecule has 0 unspecified atom stereocenters. The van der Waals surface area contributed by atoms with E-state index in [2.05, 4.69) is 34.2 Å². The fourth-order valence-electron chi connectivity index (χ4n) is 3.48. The summed E-state index contributed by atoms with van der Waals surface area (Å²) in [5, 5.41) is 2.64. The Hall–Kier alpha value is -2.44. The molecular formula is C22H28FN3O2. The number of carbonyl (C=O) groups excluding carboxylic acids is 1. The van der Waals surface area contributed by atoms with Crippen molar-refractivity contribution >= 4 is 11.6 Å². The highest BCUT2D eigenvalue weighted by Crippen LogP contribution is 2.22. The fraction of sp³-hybridized carbons (Fsp3) is 0.409. The first-order valence-corrected chi connectivity index (χ1v) is 9.68. The van der Waals surface area contributed by atoms with Crippen LogP contribution in [-0.2, 0) is 11.3 Å². The van der Waals surface area contributed by atoms with Crippen LogP contribution in [0.2, 0.25) is 0 Å². The third kappa shape index (κ3) is 5.53. The maximum absolute atomic E-state index is 13.6. The van der Waals surface area contributed by atoms with Crippen molar-refractivity contribution in [2.24, 2.45) is 0 Å². The van der Waals surface area contributed by atoms with Crippen LogP contribution in [0.5, 0.6) is 5.75 Å². The van der Waals surface area contributed by atoms with Crippen molar-refractivity contribution in [3.63, 3.8) is 0 Å². The van der Waals surface area contributed by atoms with Gasteiger partial charge in [-0.15, -0.1) is 0 Å². The van der Waals surface area contributed by atoms with E-state index in [0.717, 1.165) is 38.5 Å². The van der Waals surface area contributed by atoms with Crippen LogP contribution in [0.3, 0.4) is 0 Å². The Labute approximate surface area is 166 Å². The second-order valence-corrected chi connectivity index (χ2v) is 7.21.